The van der Waals surface area contributed by atoms with E-state index >= 15 is 0 Å². The molecule has 22 heavy (non-hydrogen) atoms. The van der Waals surface area contributed by atoms with E-state index in [1.807, 2.05) is 0 Å². The monoisotopic (exact) mass is 335 g/mol. The number of hydrogen-bond donors (Lipinski definition) is 0. The minimum Gasteiger partial charge on any atom is -0.462 e. The average molecular weight is 335 g/mol. The first-order chi connectivity index (χ1) is 10.3. The molecule has 1 aliphatic rings. The molecule has 1 rings (SSSR count). The highest BCUT2D eigenvalue weighted by molar-refractivity contribution is 7.99. The fourth-order valence-electron chi connectivity index (χ4n) is 1.68. The van der Waals surface area contributed by atoms with Gasteiger partial charge in [-0.2, -0.15) is 0 Å². The number of nitrogens with zero attached hydrogens (tertiary/aromatic N) is 1. The summed E-state index contributed by atoms with van der Waals surface area (Å²) in [5.74, 6) is 0.521. The van der Waals surface area contributed by atoms with Crippen molar-refractivity contribution in [3.05, 3.63) is 0 Å². The van der Waals surface area contributed by atoms with Gasteiger partial charge in [0.25, 0.3) is 0 Å². The minimum absolute atomic E-state index is 0.159. The molecule has 1 atom stereocenters. The Balaban J connectivity index is 2.35. The van der Waals surface area contributed by atoms with Crippen LogP contribution >= 0.6 is 11.8 Å². The van der Waals surface area contributed by atoms with E-state index in [0.29, 0.717) is 31.5 Å². The van der Waals surface area contributed by atoms with E-state index in [9.17, 15) is 9.59 Å². The highest BCUT2D eigenvalue weighted by Gasteiger charge is 2.38. The molecule has 0 unspecified atom stereocenters. The van der Waals surface area contributed by atoms with Crippen LogP contribution in [0, 0.1) is 0 Å². The third kappa shape index (κ3) is 6.85. The van der Waals surface area contributed by atoms with Crippen molar-refractivity contribution in [3.8, 4) is 0 Å². The molecule has 1 saturated heterocycles. The maximum absolute atomic E-state index is 12.1. The summed E-state index contributed by atoms with van der Waals surface area (Å²) in [5.41, 5.74) is -0.589. The number of carbonyl (C=O) groups is 2. The Kier molecular flexibility index (Phi) is 7.98. The standard InChI is InChI=1S/C14H25NO6S/c1-14(2,3)21-13(17)15-10-22-9-11(15)12(16)20-8-7-19-6-5-18-4/h11H,5-10H2,1-4H3/t11-/m0/s1. The van der Waals surface area contributed by atoms with E-state index in [2.05, 4.69) is 0 Å². The van der Waals surface area contributed by atoms with E-state index in [1.54, 1.807) is 27.9 Å². The van der Waals surface area contributed by atoms with E-state index in [-0.39, 0.29) is 6.61 Å². The molecule has 1 fully saturated rings. The summed E-state index contributed by atoms with van der Waals surface area (Å²) in [6.07, 6.45) is -0.490. The Morgan fingerprint density at radius 1 is 1.18 bits per heavy atom. The maximum Gasteiger partial charge on any atom is 0.411 e. The lowest BCUT2D eigenvalue weighted by Crippen LogP contribution is -2.45. The smallest absolute Gasteiger partial charge is 0.411 e. The lowest BCUT2D eigenvalue weighted by Gasteiger charge is -2.27. The molecule has 0 saturated carbocycles. The summed E-state index contributed by atoms with van der Waals surface area (Å²) in [5, 5.41) is 0. The van der Waals surface area contributed by atoms with Gasteiger partial charge in [0.05, 0.1) is 25.7 Å². The molecule has 0 radical (unpaired) electrons. The zero-order valence-corrected chi connectivity index (χ0v) is 14.4. The summed E-state index contributed by atoms with van der Waals surface area (Å²) < 4.78 is 20.5. The van der Waals surface area contributed by atoms with Crippen LogP contribution in [0.25, 0.3) is 0 Å². The first-order valence-electron chi connectivity index (χ1n) is 7.16. The van der Waals surface area contributed by atoms with Gasteiger partial charge in [-0.15, -0.1) is 11.8 Å². The van der Waals surface area contributed by atoms with Crippen LogP contribution in [0.15, 0.2) is 0 Å². The van der Waals surface area contributed by atoms with Gasteiger partial charge in [-0.3, -0.25) is 4.90 Å². The van der Waals surface area contributed by atoms with Crippen LogP contribution in [0.5, 0.6) is 0 Å². The van der Waals surface area contributed by atoms with Gasteiger partial charge in [-0.05, 0) is 20.8 Å². The maximum atomic E-state index is 12.1. The van der Waals surface area contributed by atoms with Crippen molar-refractivity contribution in [1.82, 2.24) is 4.90 Å². The lowest BCUT2D eigenvalue weighted by molar-refractivity contribution is -0.150. The number of hydrogen-bond acceptors (Lipinski definition) is 7. The van der Waals surface area contributed by atoms with Crippen molar-refractivity contribution in [1.29, 1.82) is 0 Å². The number of thioether (sulfide) groups is 1. The molecule has 7 nitrogen and oxygen atoms in total. The molecular weight excluding hydrogens is 310 g/mol. The summed E-state index contributed by atoms with van der Waals surface area (Å²) in [4.78, 5) is 25.5. The second-order valence-corrected chi connectivity index (χ2v) is 6.74. The molecule has 0 aromatic carbocycles. The summed E-state index contributed by atoms with van der Waals surface area (Å²) in [7, 11) is 1.59. The molecule has 0 spiro atoms. The number of amides is 1. The van der Waals surface area contributed by atoms with E-state index in [0.717, 1.165) is 0 Å². The fraction of sp³-hybridized carbons (Fsp3) is 0.857. The zero-order chi connectivity index (χ0) is 16.6. The molecule has 8 heteroatoms. The van der Waals surface area contributed by atoms with Gasteiger partial charge in [0.15, 0.2) is 0 Å². The Labute approximate surface area is 135 Å². The largest absolute Gasteiger partial charge is 0.462 e. The van der Waals surface area contributed by atoms with E-state index < -0.39 is 23.7 Å². The lowest BCUT2D eigenvalue weighted by atomic mass is 10.2. The fourth-order valence-corrected chi connectivity index (χ4v) is 2.81. The van der Waals surface area contributed by atoms with Gasteiger partial charge in [0.1, 0.15) is 18.2 Å². The zero-order valence-electron chi connectivity index (χ0n) is 13.6. The van der Waals surface area contributed by atoms with Crippen LogP contribution < -0.4 is 0 Å². The number of carbonyl (C=O) groups excluding carboxylic acids is 2. The number of esters is 1. The van der Waals surface area contributed by atoms with Crippen LogP contribution in [0.1, 0.15) is 20.8 Å². The van der Waals surface area contributed by atoms with Gasteiger partial charge in [-0.25, -0.2) is 9.59 Å². The molecule has 1 heterocycles. The first kappa shape index (κ1) is 19.1. The van der Waals surface area contributed by atoms with Crippen molar-refractivity contribution < 1.29 is 28.5 Å². The second kappa shape index (κ2) is 9.22. The molecule has 1 aliphatic heterocycles. The third-order valence-corrected chi connectivity index (χ3v) is 3.70. The highest BCUT2D eigenvalue weighted by Crippen LogP contribution is 2.24. The van der Waals surface area contributed by atoms with Gasteiger partial charge >= 0.3 is 12.1 Å². The summed E-state index contributed by atoms with van der Waals surface area (Å²) in [6, 6.07) is -0.598. The second-order valence-electron chi connectivity index (χ2n) is 5.74. The Hall–Kier alpha value is -0.990. The number of ether oxygens (including phenoxy) is 4. The molecule has 0 aromatic rings. The number of methoxy groups -OCH3 is 1. The van der Waals surface area contributed by atoms with Gasteiger partial charge in [0.2, 0.25) is 0 Å². The van der Waals surface area contributed by atoms with Crippen molar-refractivity contribution in [2.75, 3.05) is 45.2 Å². The number of rotatable bonds is 7. The van der Waals surface area contributed by atoms with Crippen LogP contribution in [0.2, 0.25) is 0 Å². The van der Waals surface area contributed by atoms with Crippen LogP contribution in [0.4, 0.5) is 4.79 Å². The molecule has 0 bridgehead atoms. The highest BCUT2D eigenvalue weighted by atomic mass is 32.2. The Morgan fingerprint density at radius 2 is 1.86 bits per heavy atom. The Bertz CT molecular complexity index is 371. The third-order valence-electron chi connectivity index (χ3n) is 2.69. The average Bonchev–Trinajstić information content (AvgIpc) is 2.90. The first-order valence-corrected chi connectivity index (χ1v) is 8.31. The van der Waals surface area contributed by atoms with Gasteiger partial charge < -0.3 is 18.9 Å². The van der Waals surface area contributed by atoms with Crippen molar-refractivity contribution in [3.63, 3.8) is 0 Å². The summed E-state index contributed by atoms with van der Waals surface area (Å²) >= 11 is 1.50. The topological polar surface area (TPSA) is 74.3 Å². The molecule has 0 N–H and O–H groups in total. The molecular formula is C14H25NO6S. The van der Waals surface area contributed by atoms with Crippen LogP contribution in [-0.2, 0) is 23.7 Å². The predicted octanol–water partition coefficient (Wildman–Crippen LogP) is 1.50. The van der Waals surface area contributed by atoms with Crippen LogP contribution in [0.3, 0.4) is 0 Å². The van der Waals surface area contributed by atoms with E-state index in [4.69, 9.17) is 18.9 Å². The SMILES string of the molecule is COCCOCCOC(=O)[C@@H]1CSCN1C(=O)OC(C)(C)C. The molecule has 0 aliphatic carbocycles. The van der Waals surface area contributed by atoms with Gasteiger partial charge in [-0.1, -0.05) is 0 Å². The van der Waals surface area contributed by atoms with Crippen molar-refractivity contribution in [2.24, 2.45) is 0 Å². The molecule has 0 aromatic heterocycles. The Morgan fingerprint density at radius 3 is 2.50 bits per heavy atom. The quantitative estimate of drug-likeness (QED) is 0.515. The summed E-state index contributed by atoms with van der Waals surface area (Å²) in [6.45, 7) is 6.79. The normalized spacial score (nSPS) is 18.4. The van der Waals surface area contributed by atoms with E-state index in [1.165, 1.54) is 16.7 Å². The van der Waals surface area contributed by atoms with Gasteiger partial charge in [0, 0.05) is 12.9 Å². The molecule has 128 valence electrons. The van der Waals surface area contributed by atoms with Crippen LogP contribution in [-0.4, -0.2) is 73.8 Å². The van der Waals surface area contributed by atoms with Crippen molar-refractivity contribution in [2.45, 2.75) is 32.4 Å². The molecule has 1 amide bonds. The van der Waals surface area contributed by atoms with Crippen molar-refractivity contribution >= 4 is 23.8 Å². The minimum atomic E-state index is -0.598. The predicted molar refractivity (Wildman–Crippen MR) is 82.8 cm³/mol.